The lowest BCUT2D eigenvalue weighted by Gasteiger charge is -2.08. The van der Waals surface area contributed by atoms with Crippen LogP contribution in [-0.4, -0.2) is 28.6 Å². The highest BCUT2D eigenvalue weighted by Crippen LogP contribution is 2.26. The number of carbonyl (C=O) groups is 1. The van der Waals surface area contributed by atoms with Crippen LogP contribution in [0, 0.1) is 0 Å². The Morgan fingerprint density at radius 2 is 2.16 bits per heavy atom. The number of amides is 1. The van der Waals surface area contributed by atoms with Crippen LogP contribution in [0.2, 0.25) is 0 Å². The average molecular weight is 365 g/mol. The molecular formula is C17H17F2N3O2S. The fourth-order valence-corrected chi connectivity index (χ4v) is 3.43. The number of para-hydroxylation sites is 2. The number of alkyl halides is 2. The summed E-state index contributed by atoms with van der Waals surface area (Å²) >= 11 is 1.07. The Labute approximate surface area is 147 Å². The molecule has 8 heteroatoms. The van der Waals surface area contributed by atoms with Gasteiger partial charge in [0.15, 0.2) is 0 Å². The number of fused-ring (bicyclic) bond motifs is 1. The molecule has 132 valence electrons. The molecule has 0 saturated carbocycles. The predicted octanol–water partition coefficient (Wildman–Crippen LogP) is 3.69. The summed E-state index contributed by atoms with van der Waals surface area (Å²) in [6.07, 6.45) is 0.546. The SMILES string of the molecule is CCn1c(CCNC(=O)c2sccc2OC(F)F)nc2ccccc21. The molecule has 3 aromatic rings. The first-order valence-corrected chi connectivity index (χ1v) is 8.72. The molecule has 0 spiro atoms. The third-order valence-corrected chi connectivity index (χ3v) is 4.63. The van der Waals surface area contributed by atoms with E-state index in [1.807, 2.05) is 31.2 Å². The molecule has 25 heavy (non-hydrogen) atoms. The fourth-order valence-electron chi connectivity index (χ4n) is 2.69. The number of rotatable bonds is 7. The standard InChI is InChI=1S/C17H17F2N3O2S/c1-2-22-12-6-4-3-5-11(12)21-14(22)7-9-20-16(23)15-13(8-10-25-15)24-17(18)19/h3-6,8,10,17H,2,7,9H2,1H3,(H,20,23). The van der Waals surface area contributed by atoms with Crippen LogP contribution in [0.1, 0.15) is 22.4 Å². The first-order chi connectivity index (χ1) is 12.1. The predicted molar refractivity (Wildman–Crippen MR) is 92.4 cm³/mol. The summed E-state index contributed by atoms with van der Waals surface area (Å²) in [6.45, 7) is 0.219. The molecule has 0 bridgehead atoms. The number of benzene rings is 1. The summed E-state index contributed by atoms with van der Waals surface area (Å²) in [4.78, 5) is 16.9. The zero-order valence-electron chi connectivity index (χ0n) is 13.5. The summed E-state index contributed by atoms with van der Waals surface area (Å²) in [5, 5.41) is 4.28. The molecule has 0 unspecified atom stereocenters. The van der Waals surface area contributed by atoms with E-state index in [-0.39, 0.29) is 10.6 Å². The second-order valence-electron chi connectivity index (χ2n) is 5.26. The zero-order chi connectivity index (χ0) is 17.8. The highest BCUT2D eigenvalue weighted by atomic mass is 32.1. The number of nitrogens with one attached hydrogen (secondary N) is 1. The Morgan fingerprint density at radius 1 is 1.36 bits per heavy atom. The maximum atomic E-state index is 12.3. The molecule has 0 atom stereocenters. The fraction of sp³-hybridized carbons (Fsp3) is 0.294. The number of hydrogen-bond donors (Lipinski definition) is 1. The van der Waals surface area contributed by atoms with Gasteiger partial charge in [-0.2, -0.15) is 8.78 Å². The minimum atomic E-state index is -2.95. The largest absolute Gasteiger partial charge is 0.433 e. The second-order valence-corrected chi connectivity index (χ2v) is 6.18. The van der Waals surface area contributed by atoms with Gasteiger partial charge in [0.05, 0.1) is 11.0 Å². The highest BCUT2D eigenvalue weighted by molar-refractivity contribution is 7.12. The van der Waals surface area contributed by atoms with Gasteiger partial charge in [-0.3, -0.25) is 4.79 Å². The highest BCUT2D eigenvalue weighted by Gasteiger charge is 2.17. The number of ether oxygens (including phenoxy) is 1. The Kier molecular flexibility index (Phi) is 5.28. The minimum Gasteiger partial charge on any atom is -0.433 e. The molecule has 0 aliphatic carbocycles. The maximum absolute atomic E-state index is 12.3. The Morgan fingerprint density at radius 3 is 2.92 bits per heavy atom. The van der Waals surface area contributed by atoms with E-state index in [2.05, 4.69) is 19.6 Å². The van der Waals surface area contributed by atoms with Gasteiger partial charge in [0.1, 0.15) is 16.5 Å². The summed E-state index contributed by atoms with van der Waals surface area (Å²) in [6, 6.07) is 9.21. The molecular weight excluding hydrogens is 348 g/mol. The number of halogens is 2. The van der Waals surface area contributed by atoms with Crippen LogP contribution in [0.25, 0.3) is 11.0 Å². The van der Waals surface area contributed by atoms with Gasteiger partial charge in [-0.1, -0.05) is 12.1 Å². The van der Waals surface area contributed by atoms with Crippen molar-refractivity contribution in [3.05, 3.63) is 46.4 Å². The molecule has 0 radical (unpaired) electrons. The van der Waals surface area contributed by atoms with Crippen molar-refractivity contribution in [3.63, 3.8) is 0 Å². The topological polar surface area (TPSA) is 56.2 Å². The monoisotopic (exact) mass is 365 g/mol. The molecule has 3 rings (SSSR count). The van der Waals surface area contributed by atoms with E-state index in [0.29, 0.717) is 13.0 Å². The van der Waals surface area contributed by atoms with Crippen molar-refractivity contribution in [3.8, 4) is 5.75 Å². The molecule has 0 aliphatic rings. The number of aryl methyl sites for hydroxylation is 1. The van der Waals surface area contributed by atoms with E-state index in [4.69, 9.17) is 0 Å². The van der Waals surface area contributed by atoms with Gasteiger partial charge >= 0.3 is 6.61 Å². The normalized spacial score (nSPS) is 11.2. The van der Waals surface area contributed by atoms with Gasteiger partial charge in [0.25, 0.3) is 5.91 Å². The molecule has 1 aromatic carbocycles. The van der Waals surface area contributed by atoms with Crippen LogP contribution in [0.3, 0.4) is 0 Å². The Balaban J connectivity index is 1.65. The number of thiophene rings is 1. The van der Waals surface area contributed by atoms with Crippen LogP contribution in [0.4, 0.5) is 8.78 Å². The van der Waals surface area contributed by atoms with E-state index in [1.165, 1.54) is 6.07 Å². The van der Waals surface area contributed by atoms with Crippen LogP contribution in [0.5, 0.6) is 5.75 Å². The first-order valence-electron chi connectivity index (χ1n) is 7.84. The van der Waals surface area contributed by atoms with Gasteiger partial charge < -0.3 is 14.6 Å². The summed E-state index contributed by atoms with van der Waals surface area (Å²) in [5.41, 5.74) is 1.97. The number of imidazole rings is 1. The van der Waals surface area contributed by atoms with Crippen molar-refractivity contribution in [2.45, 2.75) is 26.5 Å². The molecule has 0 saturated heterocycles. The molecule has 1 N–H and O–H groups in total. The number of aromatic nitrogens is 2. The van der Waals surface area contributed by atoms with Crippen LogP contribution >= 0.6 is 11.3 Å². The van der Waals surface area contributed by atoms with Crippen LogP contribution in [0.15, 0.2) is 35.7 Å². The minimum absolute atomic E-state index is 0.0988. The number of carbonyl (C=O) groups excluding carboxylic acids is 1. The van der Waals surface area contributed by atoms with E-state index in [1.54, 1.807) is 5.38 Å². The Bertz CT molecular complexity index is 876. The first kappa shape index (κ1) is 17.3. The van der Waals surface area contributed by atoms with Crippen molar-refractivity contribution < 1.29 is 18.3 Å². The van der Waals surface area contributed by atoms with E-state index < -0.39 is 12.5 Å². The molecule has 2 aromatic heterocycles. The lowest BCUT2D eigenvalue weighted by Crippen LogP contribution is -2.26. The molecule has 1 amide bonds. The average Bonchev–Trinajstić information content (AvgIpc) is 3.17. The quantitative estimate of drug-likeness (QED) is 0.695. The van der Waals surface area contributed by atoms with Crippen molar-refractivity contribution in [1.29, 1.82) is 0 Å². The summed E-state index contributed by atoms with van der Waals surface area (Å²) in [7, 11) is 0. The smallest absolute Gasteiger partial charge is 0.387 e. The van der Waals surface area contributed by atoms with E-state index in [0.717, 1.165) is 34.7 Å². The molecule has 5 nitrogen and oxygen atoms in total. The van der Waals surface area contributed by atoms with Crippen molar-refractivity contribution in [2.75, 3.05) is 6.54 Å². The van der Waals surface area contributed by atoms with Gasteiger partial charge in [-0.25, -0.2) is 4.98 Å². The Hall–Kier alpha value is -2.48. The number of nitrogens with zero attached hydrogens (tertiary/aromatic N) is 2. The van der Waals surface area contributed by atoms with Gasteiger partial charge in [0.2, 0.25) is 0 Å². The maximum Gasteiger partial charge on any atom is 0.387 e. The van der Waals surface area contributed by atoms with Crippen LogP contribution in [-0.2, 0) is 13.0 Å². The number of hydrogen-bond acceptors (Lipinski definition) is 4. The lowest BCUT2D eigenvalue weighted by atomic mass is 10.3. The van der Waals surface area contributed by atoms with E-state index in [9.17, 15) is 13.6 Å². The van der Waals surface area contributed by atoms with Crippen molar-refractivity contribution in [1.82, 2.24) is 14.9 Å². The lowest BCUT2D eigenvalue weighted by molar-refractivity contribution is -0.0498. The van der Waals surface area contributed by atoms with Gasteiger partial charge in [-0.15, -0.1) is 11.3 Å². The van der Waals surface area contributed by atoms with Gasteiger partial charge in [-0.05, 0) is 30.5 Å². The zero-order valence-corrected chi connectivity index (χ0v) is 14.4. The molecule has 2 heterocycles. The molecule has 0 aliphatic heterocycles. The summed E-state index contributed by atoms with van der Waals surface area (Å²) < 4.78 is 31.1. The molecule has 0 fully saturated rings. The van der Waals surface area contributed by atoms with Crippen LogP contribution < -0.4 is 10.1 Å². The third kappa shape index (κ3) is 3.79. The third-order valence-electron chi connectivity index (χ3n) is 3.74. The van der Waals surface area contributed by atoms with Crippen molar-refractivity contribution >= 4 is 28.3 Å². The van der Waals surface area contributed by atoms with Gasteiger partial charge in [0, 0.05) is 19.5 Å². The summed E-state index contributed by atoms with van der Waals surface area (Å²) in [5.74, 6) is 0.349. The second kappa shape index (κ2) is 7.60. The van der Waals surface area contributed by atoms with E-state index >= 15 is 0 Å². The van der Waals surface area contributed by atoms with Crippen molar-refractivity contribution in [2.24, 2.45) is 0 Å².